The highest BCUT2D eigenvalue weighted by atomic mass is 32.2. The van der Waals surface area contributed by atoms with Crippen LogP contribution in [0, 0.1) is 0 Å². The summed E-state index contributed by atoms with van der Waals surface area (Å²) >= 11 is 6.96. The standard InChI is InChI=1S/C10H20N2O2S3/c1-3-5-11-10(15)12-6-7-16-8-9(12)17(13,14)4-2/h9H,3-8H2,1-2H3,(H,11,15). The lowest BCUT2D eigenvalue weighted by Crippen LogP contribution is -2.54. The average Bonchev–Trinajstić information content (AvgIpc) is 2.36. The van der Waals surface area contributed by atoms with Crippen molar-refractivity contribution in [2.24, 2.45) is 0 Å². The first-order valence-corrected chi connectivity index (χ1v) is 9.14. The second-order valence-electron chi connectivity index (χ2n) is 3.91. The summed E-state index contributed by atoms with van der Waals surface area (Å²) in [5.74, 6) is 1.72. The summed E-state index contributed by atoms with van der Waals surface area (Å²) in [5, 5.41) is 3.23. The van der Waals surface area contributed by atoms with Crippen LogP contribution in [0.25, 0.3) is 0 Å². The van der Waals surface area contributed by atoms with Gasteiger partial charge in [-0.1, -0.05) is 13.8 Å². The zero-order valence-corrected chi connectivity index (χ0v) is 12.8. The molecular weight excluding hydrogens is 276 g/mol. The Morgan fingerprint density at radius 3 is 2.82 bits per heavy atom. The Morgan fingerprint density at radius 2 is 2.24 bits per heavy atom. The van der Waals surface area contributed by atoms with Crippen molar-refractivity contribution < 1.29 is 8.42 Å². The molecule has 0 spiro atoms. The number of nitrogens with one attached hydrogen (secondary N) is 1. The van der Waals surface area contributed by atoms with Crippen molar-refractivity contribution in [2.45, 2.75) is 25.6 Å². The summed E-state index contributed by atoms with van der Waals surface area (Å²) in [7, 11) is -3.06. The number of thioether (sulfide) groups is 1. The molecule has 1 fully saturated rings. The number of rotatable bonds is 4. The lowest BCUT2D eigenvalue weighted by Gasteiger charge is -2.36. The van der Waals surface area contributed by atoms with Crippen molar-refractivity contribution in [3.63, 3.8) is 0 Å². The van der Waals surface area contributed by atoms with Gasteiger partial charge in [-0.2, -0.15) is 11.8 Å². The fourth-order valence-electron chi connectivity index (χ4n) is 1.64. The Kier molecular flexibility index (Phi) is 6.02. The Balaban J connectivity index is 2.76. The normalized spacial score (nSPS) is 21.3. The van der Waals surface area contributed by atoms with Gasteiger partial charge in [-0.25, -0.2) is 8.42 Å². The van der Waals surface area contributed by atoms with Gasteiger partial charge < -0.3 is 10.2 Å². The van der Waals surface area contributed by atoms with Crippen LogP contribution in [0.4, 0.5) is 0 Å². The third-order valence-corrected chi connectivity index (χ3v) is 6.36. The summed E-state index contributed by atoms with van der Waals surface area (Å²) in [6.45, 7) is 5.25. The zero-order valence-electron chi connectivity index (χ0n) is 10.3. The highest BCUT2D eigenvalue weighted by Gasteiger charge is 2.33. The van der Waals surface area contributed by atoms with E-state index < -0.39 is 15.2 Å². The Bertz CT molecular complexity index is 357. The minimum Gasteiger partial charge on any atom is -0.363 e. The molecule has 1 aliphatic heterocycles. The minimum atomic E-state index is -3.06. The first-order valence-electron chi connectivity index (χ1n) is 5.86. The molecule has 4 nitrogen and oxygen atoms in total. The monoisotopic (exact) mass is 296 g/mol. The average molecular weight is 296 g/mol. The van der Waals surface area contributed by atoms with Crippen molar-refractivity contribution in [1.82, 2.24) is 10.2 Å². The topological polar surface area (TPSA) is 49.4 Å². The van der Waals surface area contributed by atoms with Crippen LogP contribution in [-0.2, 0) is 9.84 Å². The van der Waals surface area contributed by atoms with Gasteiger partial charge in [0.25, 0.3) is 0 Å². The molecule has 100 valence electrons. The predicted molar refractivity (Wildman–Crippen MR) is 78.2 cm³/mol. The van der Waals surface area contributed by atoms with Gasteiger partial charge in [-0.05, 0) is 18.6 Å². The second-order valence-corrected chi connectivity index (χ2v) is 7.89. The molecule has 1 heterocycles. The molecule has 0 saturated carbocycles. The summed E-state index contributed by atoms with van der Waals surface area (Å²) in [6.07, 6.45) is 0.980. The van der Waals surface area contributed by atoms with Gasteiger partial charge in [0.15, 0.2) is 14.9 Å². The predicted octanol–water partition coefficient (Wildman–Crippen LogP) is 1.08. The maximum Gasteiger partial charge on any atom is 0.171 e. The van der Waals surface area contributed by atoms with Crippen LogP contribution in [-0.4, -0.2) is 54.2 Å². The summed E-state index contributed by atoms with van der Waals surface area (Å²) in [5.41, 5.74) is 0. The van der Waals surface area contributed by atoms with E-state index in [4.69, 9.17) is 12.2 Å². The molecule has 0 aromatic carbocycles. The van der Waals surface area contributed by atoms with Gasteiger partial charge in [-0.3, -0.25) is 0 Å². The van der Waals surface area contributed by atoms with Crippen LogP contribution in [0.5, 0.6) is 0 Å². The first-order chi connectivity index (χ1) is 8.03. The Hall–Kier alpha value is -0.0100. The summed E-state index contributed by atoms with van der Waals surface area (Å²) < 4.78 is 24.0. The molecule has 1 saturated heterocycles. The van der Waals surface area contributed by atoms with E-state index in [1.54, 1.807) is 18.7 Å². The first kappa shape index (κ1) is 15.0. The zero-order chi connectivity index (χ0) is 12.9. The number of sulfone groups is 1. The van der Waals surface area contributed by atoms with Gasteiger partial charge in [0.1, 0.15) is 5.37 Å². The molecular formula is C10H20N2O2S3. The fourth-order valence-corrected chi connectivity index (χ4v) is 5.00. The molecule has 7 heteroatoms. The SMILES string of the molecule is CCCNC(=S)N1CCSCC1S(=O)(=O)CC. The lowest BCUT2D eigenvalue weighted by atomic mass is 10.5. The second kappa shape index (κ2) is 6.80. The summed E-state index contributed by atoms with van der Waals surface area (Å²) in [4.78, 5) is 1.83. The van der Waals surface area contributed by atoms with Crippen LogP contribution < -0.4 is 5.32 Å². The van der Waals surface area contributed by atoms with Crippen LogP contribution in [0.1, 0.15) is 20.3 Å². The van der Waals surface area contributed by atoms with Crippen molar-refractivity contribution in [2.75, 3.05) is 30.3 Å². The quantitative estimate of drug-likeness (QED) is 0.784. The molecule has 1 aliphatic rings. The van der Waals surface area contributed by atoms with Gasteiger partial charge >= 0.3 is 0 Å². The van der Waals surface area contributed by atoms with Crippen molar-refractivity contribution in [1.29, 1.82) is 0 Å². The van der Waals surface area contributed by atoms with Gasteiger partial charge in [0.05, 0.1) is 0 Å². The molecule has 0 amide bonds. The molecule has 1 N–H and O–H groups in total. The minimum absolute atomic E-state index is 0.172. The maximum atomic E-state index is 12.0. The van der Waals surface area contributed by atoms with Crippen molar-refractivity contribution >= 4 is 38.9 Å². The van der Waals surface area contributed by atoms with E-state index >= 15 is 0 Å². The van der Waals surface area contributed by atoms with E-state index in [0.717, 1.165) is 18.7 Å². The smallest absolute Gasteiger partial charge is 0.171 e. The number of hydrogen-bond acceptors (Lipinski definition) is 4. The molecule has 1 rings (SSSR count). The number of nitrogens with zero attached hydrogens (tertiary/aromatic N) is 1. The molecule has 1 atom stereocenters. The maximum absolute atomic E-state index is 12.0. The molecule has 0 bridgehead atoms. The van der Waals surface area contributed by atoms with Crippen LogP contribution in [0.2, 0.25) is 0 Å². The molecule has 1 unspecified atom stereocenters. The Morgan fingerprint density at radius 1 is 1.53 bits per heavy atom. The van der Waals surface area contributed by atoms with Gasteiger partial charge in [0, 0.05) is 30.3 Å². The Labute approximate surface area is 113 Å². The van der Waals surface area contributed by atoms with Crippen molar-refractivity contribution in [3.05, 3.63) is 0 Å². The fraction of sp³-hybridized carbons (Fsp3) is 0.900. The van der Waals surface area contributed by atoms with E-state index in [2.05, 4.69) is 12.2 Å². The molecule has 0 aromatic heterocycles. The van der Waals surface area contributed by atoms with Crippen molar-refractivity contribution in [3.8, 4) is 0 Å². The third-order valence-electron chi connectivity index (χ3n) is 2.69. The van der Waals surface area contributed by atoms with E-state index in [0.29, 0.717) is 17.4 Å². The number of thiocarbonyl (C=S) groups is 1. The van der Waals surface area contributed by atoms with Crippen LogP contribution >= 0.6 is 24.0 Å². The van der Waals surface area contributed by atoms with Crippen LogP contribution in [0.15, 0.2) is 0 Å². The summed E-state index contributed by atoms with van der Waals surface area (Å²) in [6, 6.07) is 0. The van der Waals surface area contributed by atoms with E-state index in [9.17, 15) is 8.42 Å². The molecule has 17 heavy (non-hydrogen) atoms. The van der Waals surface area contributed by atoms with Crippen LogP contribution in [0.3, 0.4) is 0 Å². The van der Waals surface area contributed by atoms with E-state index in [1.165, 1.54) is 0 Å². The van der Waals surface area contributed by atoms with Gasteiger partial charge in [0.2, 0.25) is 0 Å². The highest BCUT2D eigenvalue weighted by Crippen LogP contribution is 2.21. The van der Waals surface area contributed by atoms with Gasteiger partial charge in [-0.15, -0.1) is 0 Å². The molecule has 0 aromatic rings. The molecule has 0 aliphatic carbocycles. The molecule has 0 radical (unpaired) electrons. The largest absolute Gasteiger partial charge is 0.363 e. The van der Waals surface area contributed by atoms with E-state index in [-0.39, 0.29) is 5.75 Å². The third kappa shape index (κ3) is 3.99. The van der Waals surface area contributed by atoms with E-state index in [1.807, 2.05) is 4.90 Å². The number of hydrogen-bond donors (Lipinski definition) is 1. The lowest BCUT2D eigenvalue weighted by molar-refractivity contribution is 0.403. The highest BCUT2D eigenvalue weighted by molar-refractivity contribution is 8.01.